The Morgan fingerprint density at radius 1 is 1.33 bits per heavy atom. The van der Waals surface area contributed by atoms with E-state index in [1.165, 1.54) is 6.20 Å². The van der Waals surface area contributed by atoms with Gasteiger partial charge in [0, 0.05) is 12.3 Å². The molecule has 0 bridgehead atoms. The molecule has 0 atom stereocenters. The van der Waals surface area contributed by atoms with E-state index in [2.05, 4.69) is 11.1 Å². The summed E-state index contributed by atoms with van der Waals surface area (Å²) in [5, 5.41) is 0. The van der Waals surface area contributed by atoms with E-state index in [-0.39, 0.29) is 17.3 Å². The van der Waals surface area contributed by atoms with Gasteiger partial charge in [0.25, 0.3) is 0 Å². The van der Waals surface area contributed by atoms with E-state index in [0.717, 1.165) is 6.08 Å². The number of carbonyl (C=O) groups excluding carboxylic acids is 2. The van der Waals surface area contributed by atoms with E-state index in [1.807, 2.05) is 0 Å². The van der Waals surface area contributed by atoms with Crippen LogP contribution in [0.2, 0.25) is 0 Å². The van der Waals surface area contributed by atoms with E-state index in [0.29, 0.717) is 5.56 Å². The summed E-state index contributed by atoms with van der Waals surface area (Å²) in [6.07, 6.45) is 4.95. The highest BCUT2D eigenvalue weighted by atomic mass is 16.1. The molecule has 1 aliphatic carbocycles. The SMILES string of the molecule is O=C1[C]=CC(=O)c2ncccc21. The van der Waals surface area contributed by atoms with Crippen molar-refractivity contribution in [3.8, 4) is 0 Å². The van der Waals surface area contributed by atoms with Crippen LogP contribution in [0.1, 0.15) is 20.8 Å². The second kappa shape index (κ2) is 2.37. The van der Waals surface area contributed by atoms with Crippen molar-refractivity contribution < 1.29 is 9.59 Å². The van der Waals surface area contributed by atoms with Crippen molar-refractivity contribution in [2.24, 2.45) is 0 Å². The van der Waals surface area contributed by atoms with Gasteiger partial charge < -0.3 is 0 Å². The highest BCUT2D eigenvalue weighted by Crippen LogP contribution is 2.12. The molecule has 0 spiro atoms. The molecule has 0 saturated carbocycles. The molecule has 1 aromatic heterocycles. The number of ketones is 2. The molecule has 12 heavy (non-hydrogen) atoms. The third kappa shape index (κ3) is 0.871. The van der Waals surface area contributed by atoms with Gasteiger partial charge in [0.05, 0.1) is 5.56 Å². The molecule has 0 unspecified atom stereocenters. The largest absolute Gasteiger partial charge is 0.288 e. The molecule has 1 heterocycles. The van der Waals surface area contributed by atoms with Crippen LogP contribution >= 0.6 is 0 Å². The van der Waals surface area contributed by atoms with Gasteiger partial charge in [-0.25, -0.2) is 0 Å². The Kier molecular flexibility index (Phi) is 1.37. The van der Waals surface area contributed by atoms with Gasteiger partial charge >= 0.3 is 0 Å². The standard InChI is InChI=1S/C9H4NO2/c11-7-3-4-8(12)9-6(7)2-1-5-10-9/h1-2,4-5H. The molecule has 0 fully saturated rings. The molecule has 0 amide bonds. The minimum atomic E-state index is -0.280. The Hall–Kier alpha value is -1.77. The number of fused-ring (bicyclic) bond motifs is 1. The summed E-state index contributed by atoms with van der Waals surface area (Å²) >= 11 is 0. The smallest absolute Gasteiger partial charge is 0.205 e. The lowest BCUT2D eigenvalue weighted by Gasteiger charge is -2.04. The zero-order chi connectivity index (χ0) is 8.55. The average molecular weight is 158 g/mol. The molecule has 0 N–H and O–H groups in total. The number of aromatic nitrogens is 1. The Balaban J connectivity index is 2.69. The summed E-state index contributed by atoms with van der Waals surface area (Å²) in [6.45, 7) is 0. The third-order valence-corrected chi connectivity index (χ3v) is 1.62. The molecular formula is C9H4NO2. The van der Waals surface area contributed by atoms with Crippen LogP contribution in [0.3, 0.4) is 0 Å². The molecule has 2 rings (SSSR count). The number of Topliss-reactive ketones (excluding diaryl/α,β-unsaturated/α-hetero) is 1. The minimum Gasteiger partial charge on any atom is -0.288 e. The number of pyridine rings is 1. The van der Waals surface area contributed by atoms with Crippen LogP contribution in [0.15, 0.2) is 24.4 Å². The summed E-state index contributed by atoms with van der Waals surface area (Å²) in [5.41, 5.74) is 0.561. The molecule has 3 nitrogen and oxygen atoms in total. The number of hydrogen-bond acceptors (Lipinski definition) is 3. The van der Waals surface area contributed by atoms with Crippen LogP contribution in [0.5, 0.6) is 0 Å². The fourth-order valence-electron chi connectivity index (χ4n) is 1.06. The van der Waals surface area contributed by atoms with Gasteiger partial charge in [-0.2, -0.15) is 0 Å². The maximum atomic E-state index is 11.1. The molecule has 1 aliphatic rings. The molecule has 57 valence electrons. The predicted octanol–water partition coefficient (Wildman–Crippen LogP) is 0.820. The molecule has 3 heteroatoms. The normalized spacial score (nSPS) is 14.7. The first-order chi connectivity index (χ1) is 5.79. The molecular weight excluding hydrogens is 154 g/mol. The Morgan fingerprint density at radius 3 is 2.92 bits per heavy atom. The molecule has 0 saturated heterocycles. The molecule has 1 radical (unpaired) electrons. The zero-order valence-corrected chi connectivity index (χ0v) is 6.07. The fraction of sp³-hybridized carbons (Fsp3) is 0. The summed E-state index contributed by atoms with van der Waals surface area (Å²) in [5.74, 6) is -0.539. The molecule has 1 aromatic rings. The Labute approximate surface area is 68.7 Å². The Bertz CT molecular complexity index is 356. The van der Waals surface area contributed by atoms with Crippen LogP contribution in [-0.2, 0) is 0 Å². The van der Waals surface area contributed by atoms with Crippen LogP contribution in [0, 0.1) is 6.08 Å². The molecule has 0 aliphatic heterocycles. The van der Waals surface area contributed by atoms with Crippen LogP contribution in [0.25, 0.3) is 0 Å². The van der Waals surface area contributed by atoms with Gasteiger partial charge in [-0.1, -0.05) is 0 Å². The van der Waals surface area contributed by atoms with E-state index in [9.17, 15) is 9.59 Å². The molecule has 0 aromatic carbocycles. The summed E-state index contributed by atoms with van der Waals surface area (Å²) in [6, 6.07) is 3.19. The second-order valence-corrected chi connectivity index (χ2v) is 2.38. The quantitative estimate of drug-likeness (QED) is 0.561. The Morgan fingerprint density at radius 2 is 2.17 bits per heavy atom. The fourth-order valence-corrected chi connectivity index (χ4v) is 1.06. The van der Waals surface area contributed by atoms with Crippen molar-refractivity contribution >= 4 is 11.6 Å². The summed E-state index contributed by atoms with van der Waals surface area (Å²) in [7, 11) is 0. The lowest BCUT2D eigenvalue weighted by Crippen LogP contribution is -2.13. The summed E-state index contributed by atoms with van der Waals surface area (Å²) in [4.78, 5) is 26.0. The van der Waals surface area contributed by atoms with Crippen LogP contribution in [-0.4, -0.2) is 16.6 Å². The van der Waals surface area contributed by atoms with E-state index < -0.39 is 0 Å². The van der Waals surface area contributed by atoms with Crippen LogP contribution < -0.4 is 0 Å². The number of hydrogen-bond donors (Lipinski definition) is 0. The lowest BCUT2D eigenvalue weighted by atomic mass is 10.0. The first-order valence-corrected chi connectivity index (χ1v) is 3.42. The summed E-state index contributed by atoms with van der Waals surface area (Å²) < 4.78 is 0. The highest BCUT2D eigenvalue weighted by molar-refractivity contribution is 6.19. The second-order valence-electron chi connectivity index (χ2n) is 2.38. The maximum Gasteiger partial charge on any atom is 0.205 e. The monoisotopic (exact) mass is 158 g/mol. The van der Waals surface area contributed by atoms with Gasteiger partial charge in [-0.3, -0.25) is 14.6 Å². The number of nitrogens with zero attached hydrogens (tertiary/aromatic N) is 1. The van der Waals surface area contributed by atoms with E-state index in [1.54, 1.807) is 12.1 Å². The van der Waals surface area contributed by atoms with Crippen molar-refractivity contribution in [1.82, 2.24) is 4.98 Å². The van der Waals surface area contributed by atoms with Crippen molar-refractivity contribution in [3.63, 3.8) is 0 Å². The first-order valence-electron chi connectivity index (χ1n) is 3.42. The van der Waals surface area contributed by atoms with Crippen molar-refractivity contribution in [2.75, 3.05) is 0 Å². The van der Waals surface area contributed by atoms with Crippen LogP contribution in [0.4, 0.5) is 0 Å². The number of allylic oxidation sites excluding steroid dienone is 2. The van der Waals surface area contributed by atoms with Gasteiger partial charge in [0.2, 0.25) is 5.78 Å². The maximum absolute atomic E-state index is 11.1. The first kappa shape index (κ1) is 6.91. The van der Waals surface area contributed by atoms with Gasteiger partial charge in [0.1, 0.15) is 5.69 Å². The van der Waals surface area contributed by atoms with Gasteiger partial charge in [0.15, 0.2) is 5.78 Å². The lowest BCUT2D eigenvalue weighted by molar-refractivity contribution is 0.0984. The van der Waals surface area contributed by atoms with Crippen molar-refractivity contribution in [2.45, 2.75) is 0 Å². The number of rotatable bonds is 0. The van der Waals surface area contributed by atoms with Crippen molar-refractivity contribution in [1.29, 1.82) is 0 Å². The van der Waals surface area contributed by atoms with E-state index in [4.69, 9.17) is 0 Å². The average Bonchev–Trinajstić information content (AvgIpc) is 2.12. The van der Waals surface area contributed by atoms with E-state index >= 15 is 0 Å². The third-order valence-electron chi connectivity index (χ3n) is 1.62. The van der Waals surface area contributed by atoms with Gasteiger partial charge in [-0.15, -0.1) is 0 Å². The number of carbonyl (C=O) groups is 2. The van der Waals surface area contributed by atoms with Gasteiger partial charge in [-0.05, 0) is 18.2 Å². The zero-order valence-electron chi connectivity index (χ0n) is 6.07. The highest BCUT2D eigenvalue weighted by Gasteiger charge is 2.19. The van der Waals surface area contributed by atoms with Crippen molar-refractivity contribution in [3.05, 3.63) is 41.7 Å². The minimum absolute atomic E-state index is 0.223. The topological polar surface area (TPSA) is 47.0 Å². The predicted molar refractivity (Wildman–Crippen MR) is 40.7 cm³/mol.